The van der Waals surface area contributed by atoms with Gasteiger partial charge in [0.1, 0.15) is 18.3 Å². The maximum absolute atomic E-state index is 14.3. The van der Waals surface area contributed by atoms with Gasteiger partial charge in [0.2, 0.25) is 0 Å². The third kappa shape index (κ3) is 4.83. The van der Waals surface area contributed by atoms with Crippen molar-refractivity contribution >= 4 is 34.1 Å². The number of fused-ring (bicyclic) bond motifs is 2. The molecule has 1 aliphatic heterocycles. The van der Waals surface area contributed by atoms with E-state index in [1.807, 2.05) is 49.6 Å². The fraction of sp³-hybridized carbons (Fsp3) is 0.281. The van der Waals surface area contributed by atoms with E-state index in [2.05, 4.69) is 0 Å². The molecule has 222 valence electrons. The maximum atomic E-state index is 14.3. The number of halogens is 4. The smallest absolute Gasteiger partial charge is 0.329 e. The summed E-state index contributed by atoms with van der Waals surface area (Å²) in [6, 6.07) is 16.7. The molecule has 3 aromatic heterocycles. The Hall–Kier alpha value is -4.31. The predicted octanol–water partition coefficient (Wildman–Crippen LogP) is 7.31. The minimum atomic E-state index is -4.49. The molecule has 1 atom stereocenters. The van der Waals surface area contributed by atoms with Crippen molar-refractivity contribution < 1.29 is 18.0 Å². The van der Waals surface area contributed by atoms with Crippen LogP contribution in [0.25, 0.3) is 22.4 Å². The van der Waals surface area contributed by atoms with E-state index in [-0.39, 0.29) is 34.0 Å². The van der Waals surface area contributed by atoms with Crippen molar-refractivity contribution in [3.05, 3.63) is 105 Å². The molecule has 0 saturated carbocycles. The summed E-state index contributed by atoms with van der Waals surface area (Å²) in [7, 11) is 1.56. The Morgan fingerprint density at radius 1 is 1.02 bits per heavy atom. The number of anilines is 1. The summed E-state index contributed by atoms with van der Waals surface area (Å²) in [5.74, 6) is -0.277. The van der Waals surface area contributed by atoms with Crippen LogP contribution in [0.15, 0.2) is 71.7 Å². The zero-order valence-corrected chi connectivity index (χ0v) is 24.7. The summed E-state index contributed by atoms with van der Waals surface area (Å²) in [4.78, 5) is 33.8. The molecule has 1 amide bonds. The van der Waals surface area contributed by atoms with Gasteiger partial charge in [0, 0.05) is 30.2 Å². The molecule has 5 aromatic rings. The number of carbonyl (C=O) groups is 1. The van der Waals surface area contributed by atoms with Crippen LogP contribution in [0.3, 0.4) is 0 Å². The Bertz CT molecular complexity index is 1940. The Kier molecular flexibility index (Phi) is 7.00. The average Bonchev–Trinajstić information content (AvgIpc) is 3.59. The van der Waals surface area contributed by atoms with Gasteiger partial charge in [-0.1, -0.05) is 61.0 Å². The molecule has 11 heteroatoms. The molecule has 1 unspecified atom stereocenters. The van der Waals surface area contributed by atoms with Crippen molar-refractivity contribution in [3.8, 4) is 11.5 Å². The fourth-order valence-corrected chi connectivity index (χ4v) is 6.23. The summed E-state index contributed by atoms with van der Waals surface area (Å²) in [6.07, 6.45) is -2.21. The zero-order chi connectivity index (χ0) is 30.8. The van der Waals surface area contributed by atoms with Crippen molar-refractivity contribution in [2.24, 2.45) is 7.05 Å². The Labute approximate surface area is 250 Å². The minimum Gasteiger partial charge on any atom is -0.329 e. The first kappa shape index (κ1) is 28.8. The summed E-state index contributed by atoms with van der Waals surface area (Å²) in [6.45, 7) is 4.61. The SMILES string of the molecule is CCc1ccc(C2c3c(nc(-c4cc5ccccc5n4CC(F)(F)F)n3C(C)C)C(=O)N2c2cc(Cl)cn(C)c2=O)cc1. The van der Waals surface area contributed by atoms with E-state index in [1.54, 1.807) is 37.4 Å². The molecule has 0 aliphatic carbocycles. The molecule has 0 fully saturated rings. The fourth-order valence-electron chi connectivity index (χ4n) is 5.98. The predicted molar refractivity (Wildman–Crippen MR) is 161 cm³/mol. The van der Waals surface area contributed by atoms with E-state index in [1.165, 1.54) is 26.3 Å². The largest absolute Gasteiger partial charge is 0.406 e. The topological polar surface area (TPSA) is 65.1 Å². The summed E-state index contributed by atoms with van der Waals surface area (Å²) < 4.78 is 45.9. The number of aromatic nitrogens is 4. The third-order valence-corrected chi connectivity index (χ3v) is 8.08. The maximum Gasteiger partial charge on any atom is 0.406 e. The van der Waals surface area contributed by atoms with Crippen molar-refractivity contribution in [2.75, 3.05) is 4.90 Å². The zero-order valence-electron chi connectivity index (χ0n) is 24.0. The summed E-state index contributed by atoms with van der Waals surface area (Å²) in [5.41, 5.74) is 2.74. The Balaban J connectivity index is 1.64. The average molecular weight is 608 g/mol. The Morgan fingerprint density at radius 2 is 1.72 bits per heavy atom. The van der Waals surface area contributed by atoms with Crippen molar-refractivity contribution in [3.63, 3.8) is 0 Å². The van der Waals surface area contributed by atoms with E-state index in [4.69, 9.17) is 16.6 Å². The normalized spacial score (nSPS) is 15.2. The van der Waals surface area contributed by atoms with Crippen LogP contribution in [0.5, 0.6) is 0 Å². The van der Waals surface area contributed by atoms with Gasteiger partial charge in [-0.25, -0.2) is 4.98 Å². The van der Waals surface area contributed by atoms with Gasteiger partial charge < -0.3 is 13.7 Å². The van der Waals surface area contributed by atoms with Crippen LogP contribution >= 0.6 is 11.6 Å². The number of alkyl halides is 3. The van der Waals surface area contributed by atoms with E-state index in [0.717, 1.165) is 17.5 Å². The lowest BCUT2D eigenvalue weighted by molar-refractivity contribution is -0.139. The highest BCUT2D eigenvalue weighted by Gasteiger charge is 2.46. The monoisotopic (exact) mass is 607 g/mol. The molecular weight excluding hydrogens is 579 g/mol. The molecule has 0 spiro atoms. The molecule has 1 aliphatic rings. The molecule has 7 nitrogen and oxygen atoms in total. The molecular formula is C32H29ClF3N5O2. The van der Waals surface area contributed by atoms with Crippen molar-refractivity contribution in [1.82, 2.24) is 18.7 Å². The number of pyridine rings is 1. The number of amides is 1. The molecule has 0 bridgehead atoms. The number of benzene rings is 2. The van der Waals surface area contributed by atoms with Crippen LogP contribution in [0, 0.1) is 0 Å². The number of hydrogen-bond donors (Lipinski definition) is 0. The second-order valence-corrected chi connectivity index (χ2v) is 11.5. The van der Waals surface area contributed by atoms with Gasteiger partial charge in [-0.15, -0.1) is 0 Å². The van der Waals surface area contributed by atoms with Gasteiger partial charge in [0.05, 0.1) is 16.4 Å². The van der Waals surface area contributed by atoms with Crippen LogP contribution in [-0.4, -0.2) is 30.8 Å². The number of aryl methyl sites for hydroxylation is 2. The van der Waals surface area contributed by atoms with Crippen LogP contribution in [0.1, 0.15) is 60.2 Å². The molecule has 6 rings (SSSR count). The lowest BCUT2D eigenvalue weighted by Crippen LogP contribution is -2.36. The second kappa shape index (κ2) is 10.4. The van der Waals surface area contributed by atoms with E-state index in [0.29, 0.717) is 16.6 Å². The standard InChI is InChI=1S/C32H29ClF3N5O2/c1-5-19-10-12-20(13-11-19)27-28-26(31(43)41(27)25-15-22(33)16-38(4)30(25)42)37-29(40(28)18(2)3)24-14-21-8-6-7-9-23(21)39(24)17-32(34,35)36/h6-16,18,27H,5,17H2,1-4H3. The Morgan fingerprint density at radius 3 is 2.37 bits per heavy atom. The van der Waals surface area contributed by atoms with Crippen LogP contribution in [-0.2, 0) is 20.0 Å². The van der Waals surface area contributed by atoms with Crippen LogP contribution in [0.4, 0.5) is 18.9 Å². The molecule has 0 radical (unpaired) electrons. The third-order valence-electron chi connectivity index (χ3n) is 7.87. The summed E-state index contributed by atoms with van der Waals surface area (Å²) >= 11 is 6.35. The molecule has 0 N–H and O–H groups in total. The van der Waals surface area contributed by atoms with Crippen molar-refractivity contribution in [1.29, 1.82) is 0 Å². The second-order valence-electron chi connectivity index (χ2n) is 11.1. The number of nitrogens with zero attached hydrogens (tertiary/aromatic N) is 5. The molecule has 2 aromatic carbocycles. The molecule has 0 saturated heterocycles. The first-order valence-electron chi connectivity index (χ1n) is 14.0. The van der Waals surface area contributed by atoms with Crippen LogP contribution < -0.4 is 10.5 Å². The van der Waals surface area contributed by atoms with Gasteiger partial charge in [-0.2, -0.15) is 13.2 Å². The quantitative estimate of drug-likeness (QED) is 0.203. The minimum absolute atomic E-state index is 0.0825. The van der Waals surface area contributed by atoms with Gasteiger partial charge in [0.15, 0.2) is 11.5 Å². The number of hydrogen-bond acceptors (Lipinski definition) is 3. The van der Waals surface area contributed by atoms with Gasteiger partial charge >= 0.3 is 6.18 Å². The lowest BCUT2D eigenvalue weighted by Gasteiger charge is -2.28. The van der Waals surface area contributed by atoms with E-state index in [9.17, 15) is 22.8 Å². The summed E-state index contributed by atoms with van der Waals surface area (Å²) in [5, 5.41) is 0.904. The van der Waals surface area contributed by atoms with Gasteiger partial charge in [0.25, 0.3) is 11.5 Å². The number of para-hydroxylation sites is 1. The number of rotatable bonds is 6. The first-order chi connectivity index (χ1) is 20.4. The van der Waals surface area contributed by atoms with Gasteiger partial charge in [-0.05, 0) is 49.6 Å². The highest BCUT2D eigenvalue weighted by Crippen LogP contribution is 2.45. The molecule has 43 heavy (non-hydrogen) atoms. The van der Waals surface area contributed by atoms with Crippen LogP contribution in [0.2, 0.25) is 5.02 Å². The highest BCUT2D eigenvalue weighted by atomic mass is 35.5. The van der Waals surface area contributed by atoms with E-state index >= 15 is 0 Å². The molecule has 4 heterocycles. The van der Waals surface area contributed by atoms with Crippen molar-refractivity contribution in [2.45, 2.75) is 52.0 Å². The lowest BCUT2D eigenvalue weighted by atomic mass is 10.0. The van der Waals surface area contributed by atoms with Gasteiger partial charge in [-0.3, -0.25) is 14.5 Å². The van der Waals surface area contributed by atoms with E-state index < -0.39 is 30.2 Å². The number of imidazole rings is 1. The highest BCUT2D eigenvalue weighted by molar-refractivity contribution is 6.30. The number of carbonyl (C=O) groups excluding carboxylic acids is 1. The first-order valence-corrected chi connectivity index (χ1v) is 14.3.